The van der Waals surface area contributed by atoms with E-state index in [0.29, 0.717) is 6.61 Å². The Morgan fingerprint density at radius 1 is 1.10 bits per heavy atom. The lowest BCUT2D eigenvalue weighted by Gasteiger charge is -2.35. The van der Waals surface area contributed by atoms with Crippen LogP contribution < -0.4 is 0 Å². The van der Waals surface area contributed by atoms with Crippen molar-refractivity contribution < 1.29 is 35.0 Å². The third-order valence-corrected chi connectivity index (χ3v) is 5.01. The number of fused-ring (bicyclic) bond motifs is 4. The van der Waals surface area contributed by atoms with Gasteiger partial charge in [-0.3, -0.25) is 4.90 Å². The van der Waals surface area contributed by atoms with Crippen molar-refractivity contribution in [2.24, 2.45) is 0 Å². The Labute approximate surface area is 120 Å². The van der Waals surface area contributed by atoms with E-state index < -0.39 is 43.4 Å². The molecule has 4 aliphatic rings. The molecule has 1 aliphatic carbocycles. The van der Waals surface area contributed by atoms with Crippen molar-refractivity contribution in [3.63, 3.8) is 0 Å². The summed E-state index contributed by atoms with van der Waals surface area (Å²) in [4.78, 5) is 1.87. The van der Waals surface area contributed by atoms with E-state index in [1.807, 2.05) is 4.90 Å². The smallest absolute Gasteiger partial charge is 0.185 e. The topological polar surface area (TPSA) is 123 Å². The van der Waals surface area contributed by atoms with E-state index in [4.69, 9.17) is 9.47 Å². The first-order chi connectivity index (χ1) is 10.0. The zero-order chi connectivity index (χ0) is 14.9. The van der Waals surface area contributed by atoms with Crippen molar-refractivity contribution >= 4 is 0 Å². The molecule has 0 aromatic carbocycles. The summed E-state index contributed by atoms with van der Waals surface area (Å²) in [5.41, 5.74) is 0.276. The van der Waals surface area contributed by atoms with Crippen LogP contribution in [0.5, 0.6) is 0 Å². The van der Waals surface area contributed by atoms with Crippen LogP contribution in [-0.2, 0) is 9.47 Å². The van der Waals surface area contributed by atoms with E-state index in [1.165, 1.54) is 0 Å². The normalized spacial score (nSPS) is 58.6. The number of aliphatic hydroxyl groups excluding tert-OH is 5. The molecule has 8 heteroatoms. The van der Waals surface area contributed by atoms with Crippen LogP contribution in [0.1, 0.15) is 0 Å². The fourth-order valence-electron chi connectivity index (χ4n) is 3.87. The summed E-state index contributed by atoms with van der Waals surface area (Å²) in [5.74, 6) is 0. The molecule has 3 saturated heterocycles. The standard InChI is InChI=1S/C13H19NO7/c15-2-4-1-5(10(17)12(19)9(4)16)14-7-6-3-20-13(21-6)11(18)8(7)14/h1,5-13,15-19H,2-3H2/t5-,6-,7-,8-,9-,10+,11-,12+,13-,14?/m1/s1. The van der Waals surface area contributed by atoms with Crippen LogP contribution in [0.4, 0.5) is 0 Å². The fraction of sp³-hybridized carbons (Fsp3) is 0.846. The van der Waals surface area contributed by atoms with Crippen LogP contribution in [0.3, 0.4) is 0 Å². The molecule has 3 fully saturated rings. The number of ether oxygens (including phenoxy) is 2. The maximum absolute atomic E-state index is 10.2. The van der Waals surface area contributed by atoms with E-state index in [9.17, 15) is 25.5 Å². The van der Waals surface area contributed by atoms with Gasteiger partial charge in [-0.05, 0) is 5.57 Å². The summed E-state index contributed by atoms with van der Waals surface area (Å²) in [6.45, 7) is 0.00277. The molecule has 0 spiro atoms. The molecule has 3 heterocycles. The number of hydrogen-bond donors (Lipinski definition) is 5. The highest BCUT2D eigenvalue weighted by atomic mass is 16.7. The quantitative estimate of drug-likeness (QED) is 0.263. The molecule has 0 saturated carbocycles. The minimum atomic E-state index is -1.36. The molecule has 21 heavy (non-hydrogen) atoms. The summed E-state index contributed by atoms with van der Waals surface area (Å²) in [6, 6.07) is -0.857. The second-order valence-corrected chi connectivity index (χ2v) is 6.11. The predicted molar refractivity (Wildman–Crippen MR) is 67.0 cm³/mol. The molecule has 3 aliphatic heterocycles. The Morgan fingerprint density at radius 3 is 2.57 bits per heavy atom. The Kier molecular flexibility index (Phi) is 3.15. The van der Waals surface area contributed by atoms with Crippen molar-refractivity contribution in [2.75, 3.05) is 13.2 Å². The van der Waals surface area contributed by atoms with Gasteiger partial charge in [0.05, 0.1) is 31.3 Å². The lowest BCUT2D eigenvalue weighted by molar-refractivity contribution is -0.143. The zero-order valence-electron chi connectivity index (χ0n) is 11.2. The van der Waals surface area contributed by atoms with E-state index in [1.54, 1.807) is 6.08 Å². The minimum absolute atomic E-state index is 0.0861. The van der Waals surface area contributed by atoms with Crippen LogP contribution in [0.2, 0.25) is 0 Å². The van der Waals surface area contributed by atoms with Crippen molar-refractivity contribution in [3.8, 4) is 0 Å². The molecule has 4 rings (SSSR count). The Morgan fingerprint density at radius 2 is 1.86 bits per heavy atom. The predicted octanol–water partition coefficient (Wildman–Crippen LogP) is -3.46. The summed E-state index contributed by atoms with van der Waals surface area (Å²) >= 11 is 0. The SMILES string of the molecule is OCC1=C[C@@H](N2[C@H]3[C@@H](O)[C@@H]4OC[C@@H](O4)[C@H]32)[C@H](O)[C@@H](O)[C@@H]1O. The minimum Gasteiger partial charge on any atom is -0.392 e. The fourth-order valence-corrected chi connectivity index (χ4v) is 3.87. The van der Waals surface area contributed by atoms with Gasteiger partial charge >= 0.3 is 0 Å². The van der Waals surface area contributed by atoms with E-state index in [-0.39, 0.29) is 23.8 Å². The second kappa shape index (κ2) is 4.71. The lowest BCUT2D eigenvalue weighted by atomic mass is 9.88. The van der Waals surface area contributed by atoms with Crippen LogP contribution in [0.25, 0.3) is 0 Å². The van der Waals surface area contributed by atoms with Gasteiger partial charge in [0.25, 0.3) is 0 Å². The van der Waals surface area contributed by atoms with Crippen molar-refractivity contribution in [1.29, 1.82) is 0 Å². The molecule has 5 N–H and O–H groups in total. The van der Waals surface area contributed by atoms with Crippen LogP contribution in [0, 0.1) is 0 Å². The Balaban J connectivity index is 1.61. The highest BCUT2D eigenvalue weighted by Crippen LogP contribution is 2.47. The molecule has 0 radical (unpaired) electrons. The summed E-state index contributed by atoms with van der Waals surface area (Å²) in [6.07, 6.45) is -3.87. The first-order valence-corrected chi connectivity index (χ1v) is 7.13. The third-order valence-electron chi connectivity index (χ3n) is 5.01. The van der Waals surface area contributed by atoms with Crippen LogP contribution in [-0.4, -0.2) is 98.6 Å². The summed E-state index contributed by atoms with van der Waals surface area (Å²) in [7, 11) is 0. The van der Waals surface area contributed by atoms with Crippen molar-refractivity contribution in [2.45, 2.75) is 54.9 Å². The Hall–Kier alpha value is -0.580. The number of rotatable bonds is 2. The van der Waals surface area contributed by atoms with E-state index >= 15 is 0 Å². The number of nitrogens with zero attached hydrogens (tertiary/aromatic N) is 1. The van der Waals surface area contributed by atoms with E-state index in [0.717, 1.165) is 0 Å². The van der Waals surface area contributed by atoms with Gasteiger partial charge in [-0.15, -0.1) is 0 Å². The van der Waals surface area contributed by atoms with Crippen LogP contribution in [0.15, 0.2) is 11.6 Å². The third kappa shape index (κ3) is 1.85. The Bertz CT molecular complexity index is 467. The molecular formula is C13H19NO7. The highest BCUT2D eigenvalue weighted by molar-refractivity contribution is 5.28. The average Bonchev–Trinajstić information content (AvgIpc) is 3.07. The van der Waals surface area contributed by atoms with Crippen LogP contribution >= 0.6 is 0 Å². The van der Waals surface area contributed by atoms with Gasteiger partial charge in [-0.25, -0.2) is 0 Å². The monoisotopic (exact) mass is 301 g/mol. The molecule has 0 amide bonds. The number of aliphatic hydroxyl groups is 5. The summed E-state index contributed by atoms with van der Waals surface area (Å²) in [5, 5.41) is 49.4. The van der Waals surface area contributed by atoms with Gasteiger partial charge in [-0.2, -0.15) is 0 Å². The zero-order valence-corrected chi connectivity index (χ0v) is 11.2. The molecule has 0 aromatic rings. The van der Waals surface area contributed by atoms with Gasteiger partial charge < -0.3 is 35.0 Å². The molecular weight excluding hydrogens is 282 g/mol. The van der Waals surface area contributed by atoms with Gasteiger partial charge in [0.2, 0.25) is 0 Å². The van der Waals surface area contributed by atoms with Gasteiger partial charge in [0.1, 0.15) is 30.5 Å². The largest absolute Gasteiger partial charge is 0.392 e. The molecule has 118 valence electrons. The van der Waals surface area contributed by atoms with Gasteiger partial charge in [-0.1, -0.05) is 6.08 Å². The number of hydrogen-bond acceptors (Lipinski definition) is 8. The maximum atomic E-state index is 10.2. The second-order valence-electron chi connectivity index (χ2n) is 6.11. The first kappa shape index (κ1) is 14.0. The highest BCUT2D eigenvalue weighted by Gasteiger charge is 2.67. The maximum Gasteiger partial charge on any atom is 0.185 e. The average molecular weight is 301 g/mol. The molecule has 1 unspecified atom stereocenters. The molecule has 8 nitrogen and oxygen atoms in total. The molecule has 10 atom stereocenters. The van der Waals surface area contributed by atoms with Gasteiger partial charge in [0.15, 0.2) is 6.29 Å². The van der Waals surface area contributed by atoms with Crippen molar-refractivity contribution in [1.82, 2.24) is 4.90 Å². The van der Waals surface area contributed by atoms with Gasteiger partial charge in [0, 0.05) is 0 Å². The van der Waals surface area contributed by atoms with Crippen molar-refractivity contribution in [3.05, 3.63) is 11.6 Å². The first-order valence-electron chi connectivity index (χ1n) is 7.13. The molecule has 2 bridgehead atoms. The lowest BCUT2D eigenvalue weighted by Crippen LogP contribution is -2.52. The summed E-state index contributed by atoms with van der Waals surface area (Å²) < 4.78 is 10.9. The van der Waals surface area contributed by atoms with E-state index in [2.05, 4.69) is 0 Å². The molecule has 0 aromatic heterocycles.